The molecule has 17 aromatic rings. The zero-order valence-electron chi connectivity index (χ0n) is 55.1. The van der Waals surface area contributed by atoms with E-state index in [1.54, 1.807) is 0 Å². The molecule has 0 N–H and O–H groups in total. The van der Waals surface area contributed by atoms with Gasteiger partial charge in [0.2, 0.25) is 0 Å². The number of anilines is 6. The minimum Gasteiger partial charge on any atom is -0.310 e. The maximum atomic E-state index is 2.70. The summed E-state index contributed by atoms with van der Waals surface area (Å²) < 4.78 is 5.17. The molecule has 99 heavy (non-hydrogen) atoms. The molecule has 0 fully saturated rings. The molecule has 2 aliphatic rings. The predicted molar refractivity (Wildman–Crippen MR) is 428 cm³/mol. The molecular weight excluding hydrogens is 1230 g/mol. The summed E-state index contributed by atoms with van der Waals surface area (Å²) in [4.78, 5) is 5.40. The standard InChI is InChI=1S/C94H65BN2S2/c1-94(2,3)72-58-85-91-86(59-72)97(93-79(64-34-18-8-19-35-64)52-71(53-80(93)65-36-20-9-21-37-65)69-43-47-76-74-39-23-25-41-88(74)99-90(76)57-69)84-49-45-67(61-28-12-5-13-29-61)55-82(84)95(91)81-54-66(60-26-10-4-11-27-60)44-48-83(81)96(85)92-77(62-30-14-6-15-31-62)50-70(51-78(92)63-32-16-7-17-33-63)68-42-46-75-73-38-22-24-40-87(73)98-89(75)56-68/h4-59H,1-3H3. The lowest BCUT2D eigenvalue weighted by Gasteiger charge is -2.46. The molecule has 2 aliphatic heterocycles. The first-order valence-electron chi connectivity index (χ1n) is 34.3. The van der Waals surface area contributed by atoms with Crippen LogP contribution in [-0.2, 0) is 5.41 Å². The van der Waals surface area contributed by atoms with E-state index in [1.165, 1.54) is 107 Å². The van der Waals surface area contributed by atoms with E-state index in [1.807, 2.05) is 22.7 Å². The smallest absolute Gasteiger partial charge is 0.252 e. The maximum absolute atomic E-state index is 2.70. The summed E-state index contributed by atoms with van der Waals surface area (Å²) in [5, 5.41) is 5.19. The minimum atomic E-state index is -0.299. The van der Waals surface area contributed by atoms with Crippen molar-refractivity contribution >= 4 is 120 Å². The quantitative estimate of drug-likeness (QED) is 0.126. The van der Waals surface area contributed by atoms with Crippen molar-refractivity contribution in [3.63, 3.8) is 0 Å². The molecule has 0 spiro atoms. The molecule has 0 unspecified atom stereocenters. The van der Waals surface area contributed by atoms with Gasteiger partial charge in [0.1, 0.15) is 0 Å². The molecule has 4 heterocycles. The third-order valence-corrected chi connectivity index (χ3v) is 22.8. The Bertz CT molecular complexity index is 5530. The molecule has 0 aliphatic carbocycles. The van der Waals surface area contributed by atoms with Crippen molar-refractivity contribution in [1.29, 1.82) is 0 Å². The molecule has 0 bridgehead atoms. The molecule has 19 rings (SSSR count). The van der Waals surface area contributed by atoms with Gasteiger partial charge in [-0.25, -0.2) is 0 Å². The van der Waals surface area contributed by atoms with Crippen molar-refractivity contribution in [3.8, 4) is 89.0 Å². The van der Waals surface area contributed by atoms with E-state index in [0.29, 0.717) is 0 Å². The van der Waals surface area contributed by atoms with E-state index >= 15 is 0 Å². The Morgan fingerprint density at radius 2 is 0.545 bits per heavy atom. The number of benzene rings is 15. The van der Waals surface area contributed by atoms with Crippen LogP contribution in [0.2, 0.25) is 0 Å². The average molecular weight is 1300 g/mol. The topological polar surface area (TPSA) is 6.48 Å². The Morgan fingerprint density at radius 1 is 0.242 bits per heavy atom. The van der Waals surface area contributed by atoms with Crippen molar-refractivity contribution in [3.05, 3.63) is 345 Å². The van der Waals surface area contributed by atoms with Crippen LogP contribution in [0.4, 0.5) is 34.1 Å². The predicted octanol–water partition coefficient (Wildman–Crippen LogP) is 25.1. The second-order valence-electron chi connectivity index (χ2n) is 27.5. The van der Waals surface area contributed by atoms with E-state index in [-0.39, 0.29) is 12.1 Å². The van der Waals surface area contributed by atoms with Crippen LogP contribution in [0.3, 0.4) is 0 Å². The molecule has 15 aromatic carbocycles. The molecule has 5 heteroatoms. The van der Waals surface area contributed by atoms with Crippen LogP contribution in [0.15, 0.2) is 340 Å². The van der Waals surface area contributed by atoms with Gasteiger partial charge in [0.05, 0.1) is 11.4 Å². The monoisotopic (exact) mass is 1300 g/mol. The Labute approximate surface area is 586 Å². The highest BCUT2D eigenvalue weighted by molar-refractivity contribution is 7.26. The highest BCUT2D eigenvalue weighted by Gasteiger charge is 2.46. The van der Waals surface area contributed by atoms with Gasteiger partial charge in [-0.3, -0.25) is 0 Å². The van der Waals surface area contributed by atoms with Gasteiger partial charge in [-0.05, 0) is 167 Å². The highest BCUT2D eigenvalue weighted by atomic mass is 32.1. The summed E-state index contributed by atoms with van der Waals surface area (Å²) in [5.41, 5.74) is 30.2. The van der Waals surface area contributed by atoms with Crippen LogP contribution in [0.5, 0.6) is 0 Å². The molecule has 0 radical (unpaired) electrons. The number of nitrogens with zero attached hydrogens (tertiary/aromatic N) is 2. The normalized spacial score (nSPS) is 12.5. The fraction of sp³-hybridized carbons (Fsp3) is 0.0426. The minimum absolute atomic E-state index is 0.214. The Balaban J connectivity index is 0.951. The zero-order valence-corrected chi connectivity index (χ0v) is 56.8. The van der Waals surface area contributed by atoms with Crippen LogP contribution in [-0.4, -0.2) is 6.71 Å². The van der Waals surface area contributed by atoms with Gasteiger partial charge in [0.15, 0.2) is 0 Å². The second-order valence-corrected chi connectivity index (χ2v) is 29.7. The summed E-state index contributed by atoms with van der Waals surface area (Å²) >= 11 is 3.75. The lowest BCUT2D eigenvalue weighted by Crippen LogP contribution is -2.61. The van der Waals surface area contributed by atoms with Crippen LogP contribution >= 0.6 is 22.7 Å². The van der Waals surface area contributed by atoms with Gasteiger partial charge in [-0.2, -0.15) is 0 Å². The zero-order chi connectivity index (χ0) is 65.9. The first-order valence-corrected chi connectivity index (χ1v) is 35.9. The molecular formula is C94H65BN2S2. The summed E-state index contributed by atoms with van der Waals surface area (Å²) in [6, 6.07) is 128. The number of rotatable bonds is 10. The largest absolute Gasteiger partial charge is 0.310 e. The molecule has 2 nitrogen and oxygen atoms in total. The second kappa shape index (κ2) is 23.6. The van der Waals surface area contributed by atoms with Gasteiger partial charge in [0, 0.05) is 85.3 Å². The number of thiophene rings is 2. The first-order chi connectivity index (χ1) is 48.7. The van der Waals surface area contributed by atoms with Gasteiger partial charge >= 0.3 is 0 Å². The Morgan fingerprint density at radius 3 is 0.899 bits per heavy atom. The van der Waals surface area contributed by atoms with Crippen molar-refractivity contribution in [2.45, 2.75) is 26.2 Å². The summed E-state index contributed by atoms with van der Waals surface area (Å²) in [5.74, 6) is 0. The summed E-state index contributed by atoms with van der Waals surface area (Å²) in [6.45, 7) is 6.95. The third kappa shape index (κ3) is 9.98. The van der Waals surface area contributed by atoms with Crippen molar-refractivity contribution in [1.82, 2.24) is 0 Å². The summed E-state index contributed by atoms with van der Waals surface area (Å²) in [6.07, 6.45) is 0. The lowest BCUT2D eigenvalue weighted by molar-refractivity contribution is 0.590. The third-order valence-electron chi connectivity index (χ3n) is 20.6. The molecule has 0 atom stereocenters. The Kier molecular flexibility index (Phi) is 14.0. The average Bonchev–Trinajstić information content (AvgIpc) is 1.34. The van der Waals surface area contributed by atoms with Gasteiger partial charge in [-0.1, -0.05) is 288 Å². The van der Waals surface area contributed by atoms with Crippen molar-refractivity contribution < 1.29 is 0 Å². The van der Waals surface area contributed by atoms with Crippen molar-refractivity contribution in [2.75, 3.05) is 9.80 Å². The van der Waals surface area contributed by atoms with E-state index in [0.717, 1.165) is 78.6 Å². The van der Waals surface area contributed by atoms with Crippen molar-refractivity contribution in [2.24, 2.45) is 0 Å². The van der Waals surface area contributed by atoms with E-state index in [4.69, 9.17) is 0 Å². The van der Waals surface area contributed by atoms with Gasteiger partial charge < -0.3 is 9.80 Å². The SMILES string of the molecule is CC(C)(C)c1cc2c3c(c1)N(c1c(-c4ccccc4)cc(-c4ccc5c(c4)sc4ccccc45)cc1-c1ccccc1)c1ccc(-c4ccccc4)cc1B3c1cc(-c3ccccc3)ccc1N2c1c(-c2ccccc2)cc(-c2ccc3c(c2)sc2ccccc23)cc1-c1ccccc1. The maximum Gasteiger partial charge on any atom is 0.252 e. The highest BCUT2D eigenvalue weighted by Crippen LogP contribution is 2.56. The Hall–Kier alpha value is -11.6. The number of hydrogen-bond acceptors (Lipinski definition) is 4. The molecule has 0 saturated heterocycles. The molecule has 466 valence electrons. The van der Waals surface area contributed by atoms with Gasteiger partial charge in [-0.15, -0.1) is 22.7 Å². The van der Waals surface area contributed by atoms with Gasteiger partial charge in [0.25, 0.3) is 6.71 Å². The lowest BCUT2D eigenvalue weighted by atomic mass is 9.33. The molecule has 0 amide bonds. The van der Waals surface area contributed by atoms with Crippen LogP contribution in [0.25, 0.3) is 129 Å². The van der Waals surface area contributed by atoms with Crippen LogP contribution in [0, 0.1) is 0 Å². The van der Waals surface area contributed by atoms with E-state index in [2.05, 4.69) is 370 Å². The van der Waals surface area contributed by atoms with Crippen LogP contribution < -0.4 is 26.2 Å². The summed E-state index contributed by atoms with van der Waals surface area (Å²) in [7, 11) is 0. The van der Waals surface area contributed by atoms with E-state index in [9.17, 15) is 0 Å². The van der Waals surface area contributed by atoms with Crippen LogP contribution in [0.1, 0.15) is 26.3 Å². The fourth-order valence-corrected chi connectivity index (χ4v) is 18.1. The van der Waals surface area contributed by atoms with E-state index < -0.39 is 0 Å². The number of hydrogen-bond donors (Lipinski definition) is 0. The molecule has 2 aromatic heterocycles. The fourth-order valence-electron chi connectivity index (χ4n) is 15.8. The molecule has 0 saturated carbocycles. The first kappa shape index (κ1) is 58.7. The number of fused-ring (bicyclic) bond motifs is 10.